The van der Waals surface area contributed by atoms with Gasteiger partial charge < -0.3 is 16.2 Å². The number of rotatable bonds is 3. The summed E-state index contributed by atoms with van der Waals surface area (Å²) in [5, 5.41) is 12.1. The van der Waals surface area contributed by atoms with Crippen LogP contribution in [0.2, 0.25) is 10.0 Å². The molecule has 0 fully saturated rings. The molecule has 0 aliphatic carbocycles. The first-order chi connectivity index (χ1) is 9.88. The van der Waals surface area contributed by atoms with Gasteiger partial charge in [-0.3, -0.25) is 4.79 Å². The second-order valence-electron chi connectivity index (χ2n) is 4.19. The zero-order valence-corrected chi connectivity index (χ0v) is 12.1. The molecule has 2 aromatic rings. The van der Waals surface area contributed by atoms with E-state index in [-0.39, 0.29) is 21.8 Å². The van der Waals surface area contributed by atoms with Crippen molar-refractivity contribution in [3.05, 3.63) is 57.6 Å². The van der Waals surface area contributed by atoms with Gasteiger partial charge in [-0.15, -0.1) is 0 Å². The smallest absolute Gasteiger partial charge is 0.337 e. The molecule has 0 saturated heterocycles. The lowest BCUT2D eigenvalue weighted by molar-refractivity contribution is 0.0698. The number of aromatic carboxylic acids is 1. The van der Waals surface area contributed by atoms with Crippen LogP contribution >= 0.6 is 23.2 Å². The molecule has 108 valence electrons. The Morgan fingerprint density at radius 1 is 1.10 bits per heavy atom. The van der Waals surface area contributed by atoms with Gasteiger partial charge in [-0.2, -0.15) is 0 Å². The van der Waals surface area contributed by atoms with Gasteiger partial charge in [0.15, 0.2) is 0 Å². The molecule has 2 aromatic carbocycles. The van der Waals surface area contributed by atoms with Gasteiger partial charge in [0.1, 0.15) is 0 Å². The molecule has 0 atom stereocenters. The molecule has 5 nitrogen and oxygen atoms in total. The van der Waals surface area contributed by atoms with Crippen LogP contribution in [0.4, 0.5) is 11.4 Å². The maximum Gasteiger partial charge on any atom is 0.337 e. The van der Waals surface area contributed by atoms with Gasteiger partial charge in [0.2, 0.25) is 0 Å². The van der Waals surface area contributed by atoms with Crippen LogP contribution < -0.4 is 11.1 Å². The molecule has 0 aliphatic rings. The predicted molar refractivity (Wildman–Crippen MR) is 82.2 cm³/mol. The zero-order chi connectivity index (χ0) is 15.6. The fourth-order valence-corrected chi connectivity index (χ4v) is 2.02. The van der Waals surface area contributed by atoms with Crippen molar-refractivity contribution in [1.82, 2.24) is 0 Å². The minimum absolute atomic E-state index is 0.0608. The van der Waals surface area contributed by atoms with Gasteiger partial charge in [0.25, 0.3) is 5.91 Å². The number of nitrogens with two attached hydrogens (primary N) is 1. The summed E-state index contributed by atoms with van der Waals surface area (Å²) in [7, 11) is 0. The molecule has 1 amide bonds. The highest BCUT2D eigenvalue weighted by molar-refractivity contribution is 6.33. The third-order valence-electron chi connectivity index (χ3n) is 2.72. The van der Waals surface area contributed by atoms with E-state index in [2.05, 4.69) is 5.32 Å². The monoisotopic (exact) mass is 324 g/mol. The van der Waals surface area contributed by atoms with Gasteiger partial charge in [-0.1, -0.05) is 23.2 Å². The van der Waals surface area contributed by atoms with E-state index in [4.69, 9.17) is 34.0 Å². The minimum Gasteiger partial charge on any atom is -0.478 e. The number of amides is 1. The van der Waals surface area contributed by atoms with E-state index in [1.807, 2.05) is 0 Å². The number of hydrogen-bond donors (Lipinski definition) is 3. The summed E-state index contributed by atoms with van der Waals surface area (Å²) >= 11 is 11.7. The lowest BCUT2D eigenvalue weighted by Gasteiger charge is -2.09. The Kier molecular flexibility index (Phi) is 4.35. The van der Waals surface area contributed by atoms with Crippen molar-refractivity contribution in [1.29, 1.82) is 0 Å². The summed E-state index contributed by atoms with van der Waals surface area (Å²) in [6.07, 6.45) is 0. The molecule has 7 heteroatoms. The van der Waals surface area contributed by atoms with Crippen LogP contribution in [-0.4, -0.2) is 17.0 Å². The van der Waals surface area contributed by atoms with Crippen LogP contribution in [-0.2, 0) is 0 Å². The van der Waals surface area contributed by atoms with Gasteiger partial charge in [-0.05, 0) is 36.4 Å². The molecule has 2 rings (SSSR count). The summed E-state index contributed by atoms with van der Waals surface area (Å²) < 4.78 is 0. The number of hydrogen-bond acceptors (Lipinski definition) is 3. The van der Waals surface area contributed by atoms with Crippen molar-refractivity contribution in [2.75, 3.05) is 11.1 Å². The van der Waals surface area contributed by atoms with Crippen LogP contribution in [0.1, 0.15) is 20.7 Å². The second-order valence-corrected chi connectivity index (χ2v) is 5.03. The standard InChI is InChI=1S/C14H10Cl2N2O3/c15-8-2-3-9(14(20)21)12(6-8)18-13(19)7-1-4-11(17)10(16)5-7/h1-6H,17H2,(H,18,19)(H,20,21). The van der Waals surface area contributed by atoms with E-state index in [1.54, 1.807) is 0 Å². The van der Waals surface area contributed by atoms with Crippen molar-refractivity contribution < 1.29 is 14.7 Å². The first-order valence-corrected chi connectivity index (χ1v) is 6.53. The Bertz CT molecular complexity index is 732. The molecule has 0 aromatic heterocycles. The van der Waals surface area contributed by atoms with E-state index in [9.17, 15) is 9.59 Å². The van der Waals surface area contributed by atoms with Crippen LogP contribution in [0.3, 0.4) is 0 Å². The molecule has 0 aliphatic heterocycles. The number of benzene rings is 2. The first kappa shape index (κ1) is 15.2. The second kappa shape index (κ2) is 6.03. The molecule has 21 heavy (non-hydrogen) atoms. The summed E-state index contributed by atoms with van der Waals surface area (Å²) in [4.78, 5) is 23.2. The quantitative estimate of drug-likeness (QED) is 0.753. The van der Waals surface area contributed by atoms with Crippen molar-refractivity contribution in [2.45, 2.75) is 0 Å². The summed E-state index contributed by atoms with van der Waals surface area (Å²) in [5.41, 5.74) is 6.21. The number of anilines is 2. The number of carboxylic acid groups (broad SMARTS) is 1. The predicted octanol–water partition coefficient (Wildman–Crippen LogP) is 3.53. The number of carbonyl (C=O) groups excluding carboxylic acids is 1. The van der Waals surface area contributed by atoms with Gasteiger partial charge >= 0.3 is 5.97 Å². The number of halogens is 2. The zero-order valence-electron chi connectivity index (χ0n) is 10.6. The normalized spacial score (nSPS) is 10.2. The van der Waals surface area contributed by atoms with Gasteiger partial charge in [-0.25, -0.2) is 4.79 Å². The van der Waals surface area contributed by atoms with Crippen molar-refractivity contribution >= 4 is 46.5 Å². The third-order valence-corrected chi connectivity index (χ3v) is 3.29. The molecule has 0 unspecified atom stereocenters. The summed E-state index contributed by atoms with van der Waals surface area (Å²) in [5.74, 6) is -1.68. The van der Waals surface area contributed by atoms with E-state index < -0.39 is 11.9 Å². The Hall–Kier alpha value is -2.24. The highest BCUT2D eigenvalue weighted by atomic mass is 35.5. The largest absolute Gasteiger partial charge is 0.478 e. The lowest BCUT2D eigenvalue weighted by atomic mass is 10.1. The van der Waals surface area contributed by atoms with E-state index in [1.165, 1.54) is 36.4 Å². The molecule has 0 bridgehead atoms. The maximum atomic E-state index is 12.1. The van der Waals surface area contributed by atoms with Crippen LogP contribution in [0.5, 0.6) is 0 Å². The lowest BCUT2D eigenvalue weighted by Crippen LogP contribution is -2.15. The minimum atomic E-state index is -1.17. The van der Waals surface area contributed by atoms with Gasteiger partial charge in [0, 0.05) is 10.6 Å². The van der Waals surface area contributed by atoms with Crippen LogP contribution in [0, 0.1) is 0 Å². The number of nitrogen functional groups attached to an aromatic ring is 1. The van der Waals surface area contributed by atoms with Crippen molar-refractivity contribution in [3.63, 3.8) is 0 Å². The molecule has 0 saturated carbocycles. The fraction of sp³-hybridized carbons (Fsp3) is 0. The Labute approximate surface area is 130 Å². The number of carboxylic acids is 1. The molecule has 0 spiro atoms. The summed E-state index contributed by atoms with van der Waals surface area (Å²) in [6.45, 7) is 0. The molecular weight excluding hydrogens is 315 g/mol. The highest BCUT2D eigenvalue weighted by Crippen LogP contribution is 2.24. The SMILES string of the molecule is Nc1ccc(C(=O)Nc2cc(Cl)ccc2C(=O)O)cc1Cl. The average Bonchev–Trinajstić information content (AvgIpc) is 2.41. The first-order valence-electron chi connectivity index (χ1n) is 5.77. The van der Waals surface area contributed by atoms with Crippen molar-refractivity contribution in [3.8, 4) is 0 Å². The van der Waals surface area contributed by atoms with Crippen LogP contribution in [0.15, 0.2) is 36.4 Å². The summed E-state index contributed by atoms with van der Waals surface area (Å²) in [6, 6.07) is 8.49. The molecule has 0 radical (unpaired) electrons. The number of carbonyl (C=O) groups is 2. The molecular formula is C14H10Cl2N2O3. The molecule has 4 N–H and O–H groups in total. The van der Waals surface area contributed by atoms with Crippen molar-refractivity contribution in [2.24, 2.45) is 0 Å². The fourth-order valence-electron chi connectivity index (χ4n) is 1.67. The highest BCUT2D eigenvalue weighted by Gasteiger charge is 2.14. The number of nitrogens with one attached hydrogen (secondary N) is 1. The maximum absolute atomic E-state index is 12.1. The topological polar surface area (TPSA) is 92.4 Å². The van der Waals surface area contributed by atoms with E-state index in [0.29, 0.717) is 10.7 Å². The molecule has 0 heterocycles. The average molecular weight is 325 g/mol. The Morgan fingerprint density at radius 2 is 1.81 bits per heavy atom. The third kappa shape index (κ3) is 3.45. The Morgan fingerprint density at radius 3 is 2.43 bits per heavy atom. The van der Waals surface area contributed by atoms with E-state index in [0.717, 1.165) is 0 Å². The van der Waals surface area contributed by atoms with Crippen LogP contribution in [0.25, 0.3) is 0 Å². The van der Waals surface area contributed by atoms with Gasteiger partial charge in [0.05, 0.1) is 22.0 Å². The van der Waals surface area contributed by atoms with E-state index >= 15 is 0 Å². The Balaban J connectivity index is 2.33.